The smallest absolute Gasteiger partial charge is 0.497 e. The minimum absolute atomic E-state index is 0.117. The van der Waals surface area contributed by atoms with Crippen LogP contribution in [0, 0.1) is 0 Å². The molecule has 1 N–H and O–H groups in total. The Morgan fingerprint density at radius 3 is 2.43 bits per heavy atom. The molecular formula is C13H17O7P. The van der Waals surface area contributed by atoms with Crippen molar-refractivity contribution in [3.05, 3.63) is 36.9 Å². The minimum Gasteiger partial charge on any atom is -0.497 e. The van der Waals surface area contributed by atoms with Crippen LogP contribution in [0.25, 0.3) is 0 Å². The zero-order valence-electron chi connectivity index (χ0n) is 11.7. The van der Waals surface area contributed by atoms with Crippen molar-refractivity contribution in [1.82, 2.24) is 0 Å². The topological polar surface area (TPSA) is 91.3 Å². The molecule has 0 aliphatic carbocycles. The van der Waals surface area contributed by atoms with E-state index in [1.54, 1.807) is 19.1 Å². The fourth-order valence-electron chi connectivity index (χ4n) is 1.30. The Kier molecular flexibility index (Phi) is 6.42. The summed E-state index contributed by atoms with van der Waals surface area (Å²) in [6, 6.07) is 6.01. The molecule has 0 aromatic heterocycles. The summed E-state index contributed by atoms with van der Waals surface area (Å²) in [5.41, 5.74) is 0. The number of methoxy groups -OCH3 is 1. The van der Waals surface area contributed by atoms with E-state index in [-0.39, 0.29) is 12.2 Å². The summed E-state index contributed by atoms with van der Waals surface area (Å²) in [7, 11) is -2.93. The van der Waals surface area contributed by atoms with Gasteiger partial charge in [-0.3, -0.25) is 4.89 Å². The van der Waals surface area contributed by atoms with E-state index in [0.29, 0.717) is 5.75 Å². The minimum atomic E-state index is -4.43. The lowest BCUT2D eigenvalue weighted by molar-refractivity contribution is -0.159. The lowest BCUT2D eigenvalue weighted by atomic mass is 10.3. The molecule has 1 aromatic rings. The van der Waals surface area contributed by atoms with Crippen LogP contribution in [-0.4, -0.2) is 24.3 Å². The first-order valence-electron chi connectivity index (χ1n) is 6.08. The highest BCUT2D eigenvalue weighted by Gasteiger charge is 2.29. The molecule has 7 nitrogen and oxygen atoms in total. The summed E-state index contributed by atoms with van der Waals surface area (Å²) in [4.78, 5) is 20.7. The first-order chi connectivity index (χ1) is 9.90. The molecule has 0 saturated carbocycles. The van der Waals surface area contributed by atoms with E-state index >= 15 is 0 Å². The van der Waals surface area contributed by atoms with Crippen molar-refractivity contribution in [3.8, 4) is 11.5 Å². The summed E-state index contributed by atoms with van der Waals surface area (Å²) in [6.45, 7) is 4.84. The Bertz CT molecular complexity index is 526. The average molecular weight is 316 g/mol. The Labute approximate surface area is 122 Å². The van der Waals surface area contributed by atoms with Gasteiger partial charge >= 0.3 is 13.8 Å². The number of rotatable bonds is 8. The van der Waals surface area contributed by atoms with Gasteiger partial charge in [0.05, 0.1) is 7.11 Å². The fourth-order valence-corrected chi connectivity index (χ4v) is 2.22. The van der Waals surface area contributed by atoms with Crippen molar-refractivity contribution in [2.24, 2.45) is 0 Å². The molecule has 0 amide bonds. The molecule has 0 radical (unpaired) electrons. The molecule has 0 spiro atoms. The number of esters is 1. The van der Waals surface area contributed by atoms with E-state index in [4.69, 9.17) is 18.5 Å². The predicted octanol–water partition coefficient (Wildman–Crippen LogP) is 2.66. The third kappa shape index (κ3) is 5.99. The lowest BCUT2D eigenvalue weighted by Gasteiger charge is -2.19. The highest BCUT2D eigenvalue weighted by Crippen LogP contribution is 2.45. The van der Waals surface area contributed by atoms with Crippen LogP contribution in [0.1, 0.15) is 13.3 Å². The molecule has 8 heteroatoms. The van der Waals surface area contributed by atoms with Gasteiger partial charge in [-0.15, -0.1) is 0 Å². The second-order valence-electron chi connectivity index (χ2n) is 3.82. The Hall–Kier alpha value is -1.82. The van der Waals surface area contributed by atoms with Crippen molar-refractivity contribution >= 4 is 13.8 Å². The first-order valence-corrected chi connectivity index (χ1v) is 7.57. The summed E-state index contributed by atoms with van der Waals surface area (Å²) >= 11 is 0. The van der Waals surface area contributed by atoms with Gasteiger partial charge in [0.15, 0.2) is 0 Å². The van der Waals surface area contributed by atoms with E-state index in [1.807, 2.05) is 0 Å². The fraction of sp³-hybridized carbons (Fsp3) is 0.308. The molecule has 21 heavy (non-hydrogen) atoms. The number of carbonyl (C=O) groups is 1. The third-order valence-electron chi connectivity index (χ3n) is 2.28. The van der Waals surface area contributed by atoms with Crippen molar-refractivity contribution in [2.45, 2.75) is 19.6 Å². The normalized spacial score (nSPS) is 14.6. The van der Waals surface area contributed by atoms with Crippen LogP contribution < -0.4 is 9.26 Å². The van der Waals surface area contributed by atoms with Crippen molar-refractivity contribution in [3.63, 3.8) is 0 Å². The van der Waals surface area contributed by atoms with Gasteiger partial charge in [0.25, 0.3) is 0 Å². The summed E-state index contributed by atoms with van der Waals surface area (Å²) < 4.78 is 31.2. The first kappa shape index (κ1) is 17.2. The molecule has 0 heterocycles. The van der Waals surface area contributed by atoms with Gasteiger partial charge in [-0.25, -0.2) is 13.9 Å². The SMILES string of the molecule is C=CC(=O)OC(CC)OP(=O)(O)Oc1ccc(OC)cc1. The van der Waals surface area contributed by atoms with Crippen LogP contribution in [0.3, 0.4) is 0 Å². The van der Waals surface area contributed by atoms with Crippen molar-refractivity contribution in [2.75, 3.05) is 7.11 Å². The van der Waals surface area contributed by atoms with E-state index in [1.165, 1.54) is 19.2 Å². The van der Waals surface area contributed by atoms with E-state index < -0.39 is 20.1 Å². The van der Waals surface area contributed by atoms with Gasteiger partial charge in [0.2, 0.25) is 6.29 Å². The average Bonchev–Trinajstić information content (AvgIpc) is 2.46. The molecule has 0 aliphatic heterocycles. The van der Waals surface area contributed by atoms with E-state index in [9.17, 15) is 14.3 Å². The Morgan fingerprint density at radius 1 is 1.38 bits per heavy atom. The van der Waals surface area contributed by atoms with Gasteiger partial charge in [-0.05, 0) is 24.3 Å². The monoisotopic (exact) mass is 316 g/mol. The van der Waals surface area contributed by atoms with Crippen LogP contribution in [-0.2, 0) is 18.6 Å². The maximum Gasteiger partial charge on any atom is 0.530 e. The molecule has 0 bridgehead atoms. The number of carbonyl (C=O) groups excluding carboxylic acids is 1. The summed E-state index contributed by atoms with van der Waals surface area (Å²) in [6.07, 6.45) is -0.0982. The van der Waals surface area contributed by atoms with Gasteiger partial charge < -0.3 is 14.0 Å². The van der Waals surface area contributed by atoms with Gasteiger partial charge in [0.1, 0.15) is 11.5 Å². The molecular weight excluding hydrogens is 299 g/mol. The molecule has 2 atom stereocenters. The Morgan fingerprint density at radius 2 is 1.95 bits per heavy atom. The van der Waals surface area contributed by atoms with Crippen LogP contribution in [0.2, 0.25) is 0 Å². The molecule has 116 valence electrons. The number of hydrogen-bond acceptors (Lipinski definition) is 6. The number of phosphoric acid groups is 1. The van der Waals surface area contributed by atoms with E-state index in [2.05, 4.69) is 6.58 Å². The van der Waals surface area contributed by atoms with Crippen LogP contribution in [0.4, 0.5) is 0 Å². The maximum atomic E-state index is 11.8. The second-order valence-corrected chi connectivity index (χ2v) is 5.15. The molecule has 1 rings (SSSR count). The highest BCUT2D eigenvalue weighted by atomic mass is 31.2. The highest BCUT2D eigenvalue weighted by molar-refractivity contribution is 7.47. The number of phosphoric ester groups is 1. The summed E-state index contributed by atoms with van der Waals surface area (Å²) in [5.74, 6) is -0.0692. The van der Waals surface area contributed by atoms with Gasteiger partial charge in [-0.1, -0.05) is 13.5 Å². The number of benzene rings is 1. The number of ether oxygens (including phenoxy) is 2. The predicted molar refractivity (Wildman–Crippen MR) is 74.9 cm³/mol. The molecule has 2 unspecified atom stereocenters. The zero-order valence-corrected chi connectivity index (χ0v) is 12.6. The van der Waals surface area contributed by atoms with E-state index in [0.717, 1.165) is 6.08 Å². The van der Waals surface area contributed by atoms with Crippen LogP contribution >= 0.6 is 7.82 Å². The number of hydrogen-bond donors (Lipinski definition) is 1. The standard InChI is InChI=1S/C13H17O7P/c1-4-12(14)18-13(5-2)20-21(15,16)19-11-8-6-10(17-3)7-9-11/h4,6-9,13H,1,5H2,2-3H3,(H,15,16). The Balaban J connectivity index is 2.68. The van der Waals surface area contributed by atoms with Crippen LogP contribution in [0.15, 0.2) is 36.9 Å². The quantitative estimate of drug-likeness (QED) is 0.341. The molecule has 0 aliphatic rings. The zero-order chi connectivity index (χ0) is 15.9. The molecule has 0 saturated heterocycles. The lowest BCUT2D eigenvalue weighted by Crippen LogP contribution is -2.19. The maximum absolute atomic E-state index is 11.8. The van der Waals surface area contributed by atoms with Crippen molar-refractivity contribution in [1.29, 1.82) is 0 Å². The molecule has 1 aromatic carbocycles. The van der Waals surface area contributed by atoms with Crippen LogP contribution in [0.5, 0.6) is 11.5 Å². The van der Waals surface area contributed by atoms with Gasteiger partial charge in [-0.2, -0.15) is 0 Å². The van der Waals surface area contributed by atoms with Gasteiger partial charge in [0, 0.05) is 12.5 Å². The van der Waals surface area contributed by atoms with Crippen molar-refractivity contribution < 1.29 is 32.8 Å². The largest absolute Gasteiger partial charge is 0.530 e. The molecule has 0 fully saturated rings. The third-order valence-corrected chi connectivity index (χ3v) is 3.22. The second kappa shape index (κ2) is 7.83. The summed E-state index contributed by atoms with van der Waals surface area (Å²) in [5, 5.41) is 0.